The first-order valence-corrected chi connectivity index (χ1v) is 7.89. The number of hydrogen-bond donors (Lipinski definition) is 1. The van der Waals surface area contributed by atoms with Crippen molar-refractivity contribution in [3.05, 3.63) is 15.6 Å². The number of aromatic nitrogens is 1. The summed E-state index contributed by atoms with van der Waals surface area (Å²) < 4.78 is 0. The zero-order valence-electron chi connectivity index (χ0n) is 11.8. The summed E-state index contributed by atoms with van der Waals surface area (Å²) in [5, 5.41) is 1.30. The average molecular weight is 302 g/mol. The minimum atomic E-state index is 0. The van der Waals surface area contributed by atoms with E-state index in [0.29, 0.717) is 12.0 Å². The molecule has 1 aliphatic carbocycles. The fourth-order valence-electron chi connectivity index (χ4n) is 3.08. The van der Waals surface area contributed by atoms with Gasteiger partial charge >= 0.3 is 0 Å². The van der Waals surface area contributed by atoms with E-state index in [4.69, 9.17) is 10.7 Å². The van der Waals surface area contributed by atoms with Gasteiger partial charge in [-0.05, 0) is 31.1 Å². The van der Waals surface area contributed by atoms with E-state index in [0.717, 1.165) is 25.6 Å². The summed E-state index contributed by atoms with van der Waals surface area (Å²) >= 11 is 1.93. The van der Waals surface area contributed by atoms with Gasteiger partial charge in [0.1, 0.15) is 5.01 Å². The number of aryl methyl sites for hydroxylation is 1. The van der Waals surface area contributed by atoms with E-state index in [1.165, 1.54) is 30.0 Å². The van der Waals surface area contributed by atoms with Gasteiger partial charge in [-0.1, -0.05) is 13.8 Å². The van der Waals surface area contributed by atoms with Crippen molar-refractivity contribution in [2.45, 2.75) is 45.7 Å². The molecule has 0 spiro atoms. The molecule has 2 N–H and O–H groups in total. The highest BCUT2D eigenvalue weighted by Gasteiger charge is 2.28. The zero-order valence-corrected chi connectivity index (χ0v) is 13.4. The summed E-state index contributed by atoms with van der Waals surface area (Å²) in [5.41, 5.74) is 7.46. The summed E-state index contributed by atoms with van der Waals surface area (Å²) in [4.78, 5) is 8.84. The normalized spacial score (nSPS) is 31.0. The van der Waals surface area contributed by atoms with Crippen LogP contribution < -0.4 is 5.73 Å². The quantitative estimate of drug-likeness (QED) is 0.912. The Kier molecular flexibility index (Phi) is 4.88. The topological polar surface area (TPSA) is 42.2 Å². The smallest absolute Gasteiger partial charge is 0.107 e. The average Bonchev–Trinajstić information content (AvgIpc) is 2.82. The van der Waals surface area contributed by atoms with Crippen molar-refractivity contribution in [2.75, 3.05) is 13.1 Å². The number of likely N-dealkylation sites (tertiary alicyclic amines) is 1. The third kappa shape index (κ3) is 3.30. The highest BCUT2D eigenvalue weighted by molar-refractivity contribution is 7.11. The molecule has 3 nitrogen and oxygen atoms in total. The summed E-state index contributed by atoms with van der Waals surface area (Å²) in [6.45, 7) is 7.76. The molecule has 0 aromatic carbocycles. The van der Waals surface area contributed by atoms with Gasteiger partial charge < -0.3 is 5.73 Å². The van der Waals surface area contributed by atoms with E-state index in [1.807, 2.05) is 11.3 Å². The van der Waals surface area contributed by atoms with Crippen LogP contribution in [0.1, 0.15) is 35.8 Å². The lowest BCUT2D eigenvalue weighted by atomic mass is 9.93. The van der Waals surface area contributed by atoms with Crippen LogP contribution in [0.15, 0.2) is 0 Å². The van der Waals surface area contributed by atoms with Gasteiger partial charge in [-0.25, -0.2) is 4.98 Å². The number of nitrogens with two attached hydrogens (primary N) is 1. The maximum absolute atomic E-state index is 6.08. The van der Waals surface area contributed by atoms with Gasteiger partial charge in [0.2, 0.25) is 0 Å². The van der Waals surface area contributed by atoms with Crippen LogP contribution in [-0.2, 0) is 19.4 Å². The van der Waals surface area contributed by atoms with Gasteiger partial charge in [-0.2, -0.15) is 0 Å². The van der Waals surface area contributed by atoms with E-state index in [9.17, 15) is 0 Å². The Morgan fingerprint density at radius 1 is 1.37 bits per heavy atom. The summed E-state index contributed by atoms with van der Waals surface area (Å²) in [6, 6.07) is 0.347. The fourth-order valence-corrected chi connectivity index (χ4v) is 4.40. The molecule has 5 heteroatoms. The van der Waals surface area contributed by atoms with Crippen LogP contribution in [0.5, 0.6) is 0 Å². The lowest BCUT2D eigenvalue weighted by Gasteiger charge is -2.15. The second kappa shape index (κ2) is 6.08. The van der Waals surface area contributed by atoms with Crippen molar-refractivity contribution in [3.63, 3.8) is 0 Å². The molecule has 3 unspecified atom stereocenters. The molecule has 0 saturated carbocycles. The van der Waals surface area contributed by atoms with E-state index >= 15 is 0 Å². The molecule has 0 bridgehead atoms. The van der Waals surface area contributed by atoms with Crippen LogP contribution in [0.4, 0.5) is 0 Å². The Balaban J connectivity index is 0.00000133. The molecule has 1 aromatic heterocycles. The predicted molar refractivity (Wildman–Crippen MR) is 83.0 cm³/mol. The second-order valence-electron chi connectivity index (χ2n) is 6.16. The lowest BCUT2D eigenvalue weighted by Crippen LogP contribution is -2.28. The largest absolute Gasteiger partial charge is 0.326 e. The third-order valence-corrected chi connectivity index (χ3v) is 5.44. The first-order chi connectivity index (χ1) is 8.61. The van der Waals surface area contributed by atoms with E-state index in [2.05, 4.69) is 18.7 Å². The highest BCUT2D eigenvalue weighted by atomic mass is 35.5. The standard InChI is InChI=1S/C14H23N3S.ClH/c1-9-3-4-12-13(5-9)18-14(16-12)8-17-6-10(2)11(15)7-17;/h9-11H,3-8,15H2,1-2H3;1H. The van der Waals surface area contributed by atoms with Crippen molar-refractivity contribution in [3.8, 4) is 0 Å². The van der Waals surface area contributed by atoms with Gasteiger partial charge in [0, 0.05) is 24.0 Å². The summed E-state index contributed by atoms with van der Waals surface area (Å²) in [5.74, 6) is 1.46. The Labute approximate surface area is 126 Å². The molecule has 1 aromatic rings. The number of thiazole rings is 1. The highest BCUT2D eigenvalue weighted by Crippen LogP contribution is 2.30. The first kappa shape index (κ1) is 15.2. The minimum Gasteiger partial charge on any atom is -0.326 e. The molecular formula is C14H24ClN3S. The Hall–Kier alpha value is -0.160. The van der Waals surface area contributed by atoms with Crippen molar-refractivity contribution in [1.82, 2.24) is 9.88 Å². The molecule has 1 saturated heterocycles. The maximum Gasteiger partial charge on any atom is 0.107 e. The molecule has 2 heterocycles. The van der Waals surface area contributed by atoms with Crippen molar-refractivity contribution >= 4 is 23.7 Å². The van der Waals surface area contributed by atoms with Gasteiger partial charge in [-0.3, -0.25) is 4.90 Å². The summed E-state index contributed by atoms with van der Waals surface area (Å²) in [7, 11) is 0. The zero-order chi connectivity index (χ0) is 12.7. The molecule has 1 fully saturated rings. The van der Waals surface area contributed by atoms with Crippen molar-refractivity contribution in [1.29, 1.82) is 0 Å². The Morgan fingerprint density at radius 2 is 2.16 bits per heavy atom. The number of hydrogen-bond acceptors (Lipinski definition) is 4. The van der Waals surface area contributed by atoms with Gasteiger partial charge in [0.25, 0.3) is 0 Å². The molecule has 2 aliphatic rings. The van der Waals surface area contributed by atoms with Crippen LogP contribution in [0.25, 0.3) is 0 Å². The van der Waals surface area contributed by atoms with Gasteiger partial charge in [0.05, 0.1) is 12.2 Å². The van der Waals surface area contributed by atoms with E-state index < -0.39 is 0 Å². The number of halogens is 1. The Bertz CT molecular complexity index is 424. The predicted octanol–water partition coefficient (Wildman–Crippen LogP) is 2.47. The molecule has 1 aliphatic heterocycles. The van der Waals surface area contributed by atoms with Gasteiger partial charge in [0.15, 0.2) is 0 Å². The fraction of sp³-hybridized carbons (Fsp3) is 0.786. The van der Waals surface area contributed by atoms with E-state index in [1.54, 1.807) is 4.88 Å². The first-order valence-electron chi connectivity index (χ1n) is 7.07. The van der Waals surface area contributed by atoms with E-state index in [-0.39, 0.29) is 12.4 Å². The SMILES string of the molecule is CC1CCc2nc(CN3CC(C)C(N)C3)sc2C1.Cl. The summed E-state index contributed by atoms with van der Waals surface area (Å²) in [6.07, 6.45) is 3.73. The molecule has 0 amide bonds. The van der Waals surface area contributed by atoms with Crippen LogP contribution in [-0.4, -0.2) is 29.0 Å². The van der Waals surface area contributed by atoms with Crippen LogP contribution >= 0.6 is 23.7 Å². The molecule has 108 valence electrons. The number of fused-ring (bicyclic) bond motifs is 1. The van der Waals surface area contributed by atoms with Crippen LogP contribution in [0.3, 0.4) is 0 Å². The molecule has 3 rings (SSSR count). The molecule has 3 atom stereocenters. The molecule has 19 heavy (non-hydrogen) atoms. The number of nitrogens with zero attached hydrogens (tertiary/aromatic N) is 2. The minimum absolute atomic E-state index is 0. The number of rotatable bonds is 2. The Morgan fingerprint density at radius 3 is 2.84 bits per heavy atom. The van der Waals surface area contributed by atoms with Crippen molar-refractivity contribution < 1.29 is 0 Å². The molecular weight excluding hydrogens is 278 g/mol. The third-order valence-electron chi connectivity index (χ3n) is 4.34. The van der Waals surface area contributed by atoms with Crippen molar-refractivity contribution in [2.24, 2.45) is 17.6 Å². The monoisotopic (exact) mass is 301 g/mol. The van der Waals surface area contributed by atoms with Crippen LogP contribution in [0.2, 0.25) is 0 Å². The molecule has 0 radical (unpaired) electrons. The van der Waals surface area contributed by atoms with Gasteiger partial charge in [-0.15, -0.1) is 23.7 Å². The maximum atomic E-state index is 6.08. The second-order valence-corrected chi connectivity index (χ2v) is 7.33. The lowest BCUT2D eigenvalue weighted by molar-refractivity contribution is 0.318. The van der Waals surface area contributed by atoms with Crippen LogP contribution in [0, 0.1) is 11.8 Å².